The van der Waals surface area contributed by atoms with E-state index >= 15 is 0 Å². The fourth-order valence-electron chi connectivity index (χ4n) is 2.95. The number of sulfonamides is 1. The number of methoxy groups -OCH3 is 1. The van der Waals surface area contributed by atoms with Crippen LogP contribution >= 0.6 is 12.2 Å². The maximum atomic E-state index is 12.9. The molecule has 158 valence electrons. The lowest BCUT2D eigenvalue weighted by Crippen LogP contribution is -2.40. The molecule has 0 unspecified atom stereocenters. The smallest absolute Gasteiger partial charge is 0.255 e. The molecule has 2 aromatic rings. The van der Waals surface area contributed by atoms with Crippen LogP contribution in [0.4, 0.5) is 0 Å². The van der Waals surface area contributed by atoms with Crippen LogP contribution < -0.4 is 10.1 Å². The summed E-state index contributed by atoms with van der Waals surface area (Å²) in [5.41, 5.74) is 0.150. The van der Waals surface area contributed by atoms with Gasteiger partial charge in [-0.3, -0.25) is 9.89 Å². The SMILES string of the molecule is COc1ccc(S(=O)(=O)N2CCOCC2)cc1C(=O)NCCc1n[nH]c(=S)n1C. The number of morpholine rings is 1. The van der Waals surface area contributed by atoms with Crippen molar-refractivity contribution in [2.24, 2.45) is 7.05 Å². The van der Waals surface area contributed by atoms with E-state index < -0.39 is 15.9 Å². The van der Waals surface area contributed by atoms with Gasteiger partial charge in [0.05, 0.1) is 30.8 Å². The summed E-state index contributed by atoms with van der Waals surface area (Å²) >= 11 is 5.06. The predicted molar refractivity (Wildman–Crippen MR) is 107 cm³/mol. The number of ether oxygens (including phenoxy) is 2. The largest absolute Gasteiger partial charge is 0.496 e. The van der Waals surface area contributed by atoms with Crippen molar-refractivity contribution in [3.63, 3.8) is 0 Å². The van der Waals surface area contributed by atoms with Crippen molar-refractivity contribution < 1.29 is 22.7 Å². The van der Waals surface area contributed by atoms with Crippen molar-refractivity contribution >= 4 is 28.1 Å². The number of amides is 1. The first-order valence-corrected chi connectivity index (χ1v) is 10.8. The Morgan fingerprint density at radius 3 is 2.72 bits per heavy atom. The predicted octanol–water partition coefficient (Wildman–Crippen LogP) is 0.480. The number of nitrogens with zero attached hydrogens (tertiary/aromatic N) is 3. The zero-order valence-corrected chi connectivity index (χ0v) is 17.8. The summed E-state index contributed by atoms with van der Waals surface area (Å²) < 4.78 is 39.8. The number of nitrogens with one attached hydrogen (secondary N) is 2. The van der Waals surface area contributed by atoms with Crippen molar-refractivity contribution in [2.45, 2.75) is 11.3 Å². The van der Waals surface area contributed by atoms with Crippen LogP contribution in [-0.2, 0) is 28.2 Å². The second-order valence-corrected chi connectivity index (χ2v) is 8.71. The van der Waals surface area contributed by atoms with E-state index in [2.05, 4.69) is 15.5 Å². The van der Waals surface area contributed by atoms with Crippen molar-refractivity contribution in [1.82, 2.24) is 24.4 Å². The summed E-state index contributed by atoms with van der Waals surface area (Å²) in [4.78, 5) is 12.7. The zero-order valence-electron chi connectivity index (χ0n) is 16.2. The van der Waals surface area contributed by atoms with E-state index in [-0.39, 0.29) is 23.5 Å². The molecule has 12 heteroatoms. The van der Waals surface area contributed by atoms with Crippen molar-refractivity contribution in [3.05, 3.63) is 34.4 Å². The molecule has 0 radical (unpaired) electrons. The summed E-state index contributed by atoms with van der Waals surface area (Å²) in [6.07, 6.45) is 0.462. The van der Waals surface area contributed by atoms with Gasteiger partial charge in [0.15, 0.2) is 4.77 Å². The maximum absolute atomic E-state index is 12.9. The maximum Gasteiger partial charge on any atom is 0.255 e. The van der Waals surface area contributed by atoms with E-state index in [0.717, 1.165) is 0 Å². The van der Waals surface area contributed by atoms with Gasteiger partial charge in [-0.1, -0.05) is 0 Å². The summed E-state index contributed by atoms with van der Waals surface area (Å²) in [6, 6.07) is 4.27. The number of hydrogen-bond acceptors (Lipinski definition) is 7. The molecule has 2 heterocycles. The van der Waals surface area contributed by atoms with Gasteiger partial charge in [0.2, 0.25) is 10.0 Å². The van der Waals surface area contributed by atoms with Crippen LogP contribution in [0.1, 0.15) is 16.2 Å². The average Bonchev–Trinajstić information content (AvgIpc) is 3.06. The molecular weight excluding hydrogens is 418 g/mol. The molecule has 1 aromatic carbocycles. The van der Waals surface area contributed by atoms with Gasteiger partial charge in [-0.2, -0.15) is 9.40 Å². The Bertz CT molecular complexity index is 1040. The van der Waals surface area contributed by atoms with Crippen molar-refractivity contribution in [2.75, 3.05) is 40.0 Å². The Morgan fingerprint density at radius 1 is 1.38 bits per heavy atom. The molecule has 0 spiro atoms. The first-order valence-electron chi connectivity index (χ1n) is 8.99. The highest BCUT2D eigenvalue weighted by molar-refractivity contribution is 7.89. The number of H-pyrrole nitrogens is 1. The summed E-state index contributed by atoms with van der Waals surface area (Å²) in [6.45, 7) is 1.55. The quantitative estimate of drug-likeness (QED) is 0.600. The number of rotatable bonds is 7. The van der Waals surface area contributed by atoms with Crippen LogP contribution in [0.15, 0.2) is 23.1 Å². The Kier molecular flexibility index (Phi) is 6.67. The highest BCUT2D eigenvalue weighted by Gasteiger charge is 2.28. The molecule has 3 rings (SSSR count). The zero-order chi connectivity index (χ0) is 21.0. The van der Waals surface area contributed by atoms with Crippen LogP contribution in [0.25, 0.3) is 0 Å². The molecule has 1 fully saturated rings. The fraction of sp³-hybridized carbons (Fsp3) is 0.471. The lowest BCUT2D eigenvalue weighted by atomic mass is 10.2. The number of carbonyl (C=O) groups excluding carboxylic acids is 1. The third kappa shape index (κ3) is 4.66. The molecule has 1 aromatic heterocycles. The Balaban J connectivity index is 1.76. The third-order valence-electron chi connectivity index (χ3n) is 4.63. The third-order valence-corrected chi connectivity index (χ3v) is 6.89. The van der Waals surface area contributed by atoms with Crippen LogP contribution in [0, 0.1) is 4.77 Å². The first kappa shape index (κ1) is 21.4. The molecule has 1 aliphatic rings. The second-order valence-electron chi connectivity index (χ2n) is 6.39. The second kappa shape index (κ2) is 9.03. The summed E-state index contributed by atoms with van der Waals surface area (Å²) in [5, 5.41) is 9.54. The number of carbonyl (C=O) groups is 1. The molecule has 1 amide bonds. The van der Waals surface area contributed by atoms with E-state index in [9.17, 15) is 13.2 Å². The van der Waals surface area contributed by atoms with Gasteiger partial charge in [-0.15, -0.1) is 0 Å². The Morgan fingerprint density at radius 2 is 2.10 bits per heavy atom. The van der Waals surface area contributed by atoms with Crippen LogP contribution in [0.5, 0.6) is 5.75 Å². The van der Waals surface area contributed by atoms with E-state index in [1.807, 2.05) is 0 Å². The summed E-state index contributed by atoms with van der Waals surface area (Å²) in [7, 11) is -0.509. The Labute approximate surface area is 173 Å². The molecule has 2 N–H and O–H groups in total. The monoisotopic (exact) mass is 441 g/mol. The molecule has 0 atom stereocenters. The first-order chi connectivity index (χ1) is 13.8. The van der Waals surface area contributed by atoms with Gasteiger partial charge in [-0.05, 0) is 30.4 Å². The van der Waals surface area contributed by atoms with E-state index in [4.69, 9.17) is 21.7 Å². The van der Waals surface area contributed by atoms with Crippen LogP contribution in [0.3, 0.4) is 0 Å². The lowest BCUT2D eigenvalue weighted by Gasteiger charge is -2.26. The molecular formula is C17H23N5O5S2. The molecule has 29 heavy (non-hydrogen) atoms. The highest BCUT2D eigenvalue weighted by atomic mass is 32.2. The number of aromatic amines is 1. The lowest BCUT2D eigenvalue weighted by molar-refractivity contribution is 0.0730. The fourth-order valence-corrected chi connectivity index (χ4v) is 4.53. The Hall–Kier alpha value is -2.28. The van der Waals surface area contributed by atoms with Gasteiger partial charge in [0.1, 0.15) is 11.6 Å². The minimum Gasteiger partial charge on any atom is -0.496 e. The average molecular weight is 442 g/mol. The summed E-state index contributed by atoms with van der Waals surface area (Å²) in [5.74, 6) is 0.560. The molecule has 0 aliphatic carbocycles. The van der Waals surface area contributed by atoms with Crippen LogP contribution in [-0.4, -0.2) is 73.4 Å². The molecule has 1 saturated heterocycles. The van der Waals surface area contributed by atoms with Crippen LogP contribution in [0.2, 0.25) is 0 Å². The van der Waals surface area contributed by atoms with Gasteiger partial charge in [0, 0.05) is 33.1 Å². The van der Waals surface area contributed by atoms with E-state index in [1.54, 1.807) is 11.6 Å². The number of aromatic nitrogens is 3. The highest BCUT2D eigenvalue weighted by Crippen LogP contribution is 2.25. The molecule has 0 bridgehead atoms. The number of benzene rings is 1. The van der Waals surface area contributed by atoms with E-state index in [1.165, 1.54) is 29.6 Å². The van der Waals surface area contributed by atoms with Gasteiger partial charge in [0.25, 0.3) is 5.91 Å². The topological polar surface area (TPSA) is 119 Å². The van der Waals surface area contributed by atoms with Crippen molar-refractivity contribution in [3.8, 4) is 5.75 Å². The minimum atomic E-state index is -3.72. The minimum absolute atomic E-state index is 0.0415. The van der Waals surface area contributed by atoms with Crippen molar-refractivity contribution in [1.29, 1.82) is 0 Å². The van der Waals surface area contributed by atoms with E-state index in [0.29, 0.717) is 42.5 Å². The molecule has 0 saturated carbocycles. The normalized spacial score (nSPS) is 15.2. The standard InChI is InChI=1S/C17H23N5O5S2/c1-21-15(19-20-17(21)28)5-6-18-16(23)13-11-12(3-4-14(13)26-2)29(24,25)22-7-9-27-10-8-22/h3-4,11H,5-10H2,1-2H3,(H,18,23)(H,20,28). The van der Waals surface area contributed by atoms with Gasteiger partial charge >= 0.3 is 0 Å². The van der Waals surface area contributed by atoms with Gasteiger partial charge < -0.3 is 19.4 Å². The number of hydrogen-bond donors (Lipinski definition) is 2. The van der Waals surface area contributed by atoms with Gasteiger partial charge in [-0.25, -0.2) is 8.42 Å². The molecule has 1 aliphatic heterocycles. The molecule has 10 nitrogen and oxygen atoms in total.